The standard InChI is InChI=1S/C16H23FO2/c1-10(2)15(18)16(19-3)13-5-4-12-9-14(17)7-6-11(12)8-13/h6-7,9-10,13,15-16,18H,4-5,8H2,1-3H3/t13?,15-,16-/m0/s1. The summed E-state index contributed by atoms with van der Waals surface area (Å²) in [5.41, 5.74) is 2.29. The molecule has 19 heavy (non-hydrogen) atoms. The molecule has 0 amide bonds. The summed E-state index contributed by atoms with van der Waals surface area (Å²) in [5, 5.41) is 10.2. The van der Waals surface area contributed by atoms with Crippen LogP contribution in [0.4, 0.5) is 4.39 Å². The highest BCUT2D eigenvalue weighted by molar-refractivity contribution is 5.30. The number of methoxy groups -OCH3 is 1. The number of aryl methyl sites for hydroxylation is 1. The molecule has 0 bridgehead atoms. The van der Waals surface area contributed by atoms with Crippen LogP contribution in [0.5, 0.6) is 0 Å². The second-order valence-electron chi connectivity index (χ2n) is 5.85. The maximum absolute atomic E-state index is 13.2. The Labute approximate surface area is 114 Å². The number of halogens is 1. The van der Waals surface area contributed by atoms with E-state index >= 15 is 0 Å². The Bertz CT molecular complexity index is 431. The molecule has 0 radical (unpaired) electrons. The molecule has 0 saturated heterocycles. The topological polar surface area (TPSA) is 29.5 Å². The molecule has 0 fully saturated rings. The molecule has 0 aromatic heterocycles. The number of aliphatic hydroxyl groups excluding tert-OH is 1. The minimum atomic E-state index is -0.447. The Morgan fingerprint density at radius 3 is 2.68 bits per heavy atom. The van der Waals surface area contributed by atoms with E-state index in [1.165, 1.54) is 11.6 Å². The van der Waals surface area contributed by atoms with Gasteiger partial charge in [0.1, 0.15) is 5.82 Å². The van der Waals surface area contributed by atoms with Crippen molar-refractivity contribution in [3.8, 4) is 0 Å². The third-order valence-electron chi connectivity index (χ3n) is 4.19. The van der Waals surface area contributed by atoms with Crippen LogP contribution in [0.1, 0.15) is 31.4 Å². The van der Waals surface area contributed by atoms with E-state index in [-0.39, 0.29) is 17.8 Å². The van der Waals surface area contributed by atoms with Crippen LogP contribution in [0.25, 0.3) is 0 Å². The number of benzene rings is 1. The van der Waals surface area contributed by atoms with Crippen LogP contribution in [0.3, 0.4) is 0 Å². The number of rotatable bonds is 4. The first-order chi connectivity index (χ1) is 9.02. The van der Waals surface area contributed by atoms with E-state index in [0.29, 0.717) is 5.92 Å². The van der Waals surface area contributed by atoms with Crippen LogP contribution < -0.4 is 0 Å². The number of ether oxygens (including phenoxy) is 1. The van der Waals surface area contributed by atoms with Gasteiger partial charge in [-0.05, 0) is 54.4 Å². The first-order valence-electron chi connectivity index (χ1n) is 7.01. The van der Waals surface area contributed by atoms with Crippen molar-refractivity contribution in [2.45, 2.75) is 45.3 Å². The van der Waals surface area contributed by atoms with E-state index < -0.39 is 6.10 Å². The molecular formula is C16H23FO2. The monoisotopic (exact) mass is 266 g/mol. The van der Waals surface area contributed by atoms with Gasteiger partial charge in [-0.3, -0.25) is 0 Å². The highest BCUT2D eigenvalue weighted by atomic mass is 19.1. The zero-order chi connectivity index (χ0) is 14.0. The van der Waals surface area contributed by atoms with E-state index in [9.17, 15) is 9.50 Å². The summed E-state index contributed by atoms with van der Waals surface area (Å²) in [5.74, 6) is 0.322. The van der Waals surface area contributed by atoms with Crippen molar-refractivity contribution in [2.24, 2.45) is 11.8 Å². The number of fused-ring (bicyclic) bond motifs is 1. The van der Waals surface area contributed by atoms with Crippen molar-refractivity contribution < 1.29 is 14.2 Å². The quantitative estimate of drug-likeness (QED) is 0.908. The van der Waals surface area contributed by atoms with Gasteiger partial charge < -0.3 is 9.84 Å². The molecule has 106 valence electrons. The summed E-state index contributed by atoms with van der Waals surface area (Å²) >= 11 is 0. The highest BCUT2D eigenvalue weighted by Crippen LogP contribution is 2.31. The largest absolute Gasteiger partial charge is 0.390 e. The molecule has 3 heteroatoms. The number of hydrogen-bond acceptors (Lipinski definition) is 2. The fourth-order valence-corrected chi connectivity index (χ4v) is 3.02. The normalized spacial score (nSPS) is 22.1. The van der Waals surface area contributed by atoms with Crippen molar-refractivity contribution in [1.82, 2.24) is 0 Å². The van der Waals surface area contributed by atoms with Crippen LogP contribution in [0.15, 0.2) is 18.2 Å². The molecule has 0 spiro atoms. The van der Waals surface area contributed by atoms with E-state index in [2.05, 4.69) is 0 Å². The van der Waals surface area contributed by atoms with Gasteiger partial charge in [0.25, 0.3) is 0 Å². The highest BCUT2D eigenvalue weighted by Gasteiger charge is 2.32. The Morgan fingerprint density at radius 1 is 1.32 bits per heavy atom. The van der Waals surface area contributed by atoms with Crippen molar-refractivity contribution in [1.29, 1.82) is 0 Å². The Kier molecular flexibility index (Phi) is 4.58. The summed E-state index contributed by atoms with van der Waals surface area (Å²) in [6, 6.07) is 5.01. The molecule has 1 aromatic rings. The first kappa shape index (κ1) is 14.5. The predicted molar refractivity (Wildman–Crippen MR) is 73.6 cm³/mol. The molecule has 1 aliphatic carbocycles. The van der Waals surface area contributed by atoms with Gasteiger partial charge in [-0.15, -0.1) is 0 Å². The molecule has 1 unspecified atom stereocenters. The molecule has 1 aliphatic rings. The number of hydrogen-bond donors (Lipinski definition) is 1. The van der Waals surface area contributed by atoms with Crippen LogP contribution in [-0.4, -0.2) is 24.4 Å². The van der Waals surface area contributed by atoms with E-state index in [1.807, 2.05) is 19.9 Å². The predicted octanol–water partition coefficient (Wildman–Crippen LogP) is 2.96. The summed E-state index contributed by atoms with van der Waals surface area (Å²) in [7, 11) is 1.66. The SMILES string of the molecule is CO[C@@H](C1CCc2cc(F)ccc2C1)[C@@H](O)C(C)C. The van der Waals surface area contributed by atoms with Gasteiger partial charge in [-0.25, -0.2) is 4.39 Å². The molecule has 0 heterocycles. The second-order valence-corrected chi connectivity index (χ2v) is 5.85. The molecular weight excluding hydrogens is 243 g/mol. The zero-order valence-electron chi connectivity index (χ0n) is 11.9. The summed E-state index contributed by atoms with van der Waals surface area (Å²) in [6.07, 6.45) is 2.08. The summed E-state index contributed by atoms with van der Waals surface area (Å²) in [6.45, 7) is 4.01. The average Bonchev–Trinajstić information content (AvgIpc) is 2.39. The molecule has 1 aromatic carbocycles. The molecule has 2 rings (SSSR count). The lowest BCUT2D eigenvalue weighted by Gasteiger charge is -2.35. The lowest BCUT2D eigenvalue weighted by molar-refractivity contribution is -0.0674. The van der Waals surface area contributed by atoms with Gasteiger partial charge >= 0.3 is 0 Å². The molecule has 2 nitrogen and oxygen atoms in total. The van der Waals surface area contributed by atoms with Crippen molar-refractivity contribution in [2.75, 3.05) is 7.11 Å². The lowest BCUT2D eigenvalue weighted by Crippen LogP contribution is -2.40. The van der Waals surface area contributed by atoms with Crippen LogP contribution in [-0.2, 0) is 17.6 Å². The molecule has 3 atom stereocenters. The Morgan fingerprint density at radius 2 is 2.05 bits per heavy atom. The van der Waals surface area contributed by atoms with E-state index in [1.54, 1.807) is 13.2 Å². The minimum absolute atomic E-state index is 0.141. The second kappa shape index (κ2) is 6.02. The fraction of sp³-hybridized carbons (Fsp3) is 0.625. The van der Waals surface area contributed by atoms with E-state index in [0.717, 1.165) is 24.8 Å². The first-order valence-corrected chi connectivity index (χ1v) is 7.01. The van der Waals surface area contributed by atoms with Crippen LogP contribution >= 0.6 is 0 Å². The zero-order valence-corrected chi connectivity index (χ0v) is 11.9. The van der Waals surface area contributed by atoms with Gasteiger partial charge in [-0.2, -0.15) is 0 Å². The maximum Gasteiger partial charge on any atom is 0.123 e. The van der Waals surface area contributed by atoms with E-state index in [4.69, 9.17) is 4.74 Å². The van der Waals surface area contributed by atoms with Crippen molar-refractivity contribution in [3.05, 3.63) is 35.1 Å². The smallest absolute Gasteiger partial charge is 0.123 e. The summed E-state index contributed by atoms with van der Waals surface area (Å²) < 4.78 is 18.7. The van der Waals surface area contributed by atoms with Gasteiger partial charge in [-0.1, -0.05) is 19.9 Å². The third-order valence-corrected chi connectivity index (χ3v) is 4.19. The van der Waals surface area contributed by atoms with Crippen LogP contribution in [0.2, 0.25) is 0 Å². The minimum Gasteiger partial charge on any atom is -0.390 e. The van der Waals surface area contributed by atoms with Gasteiger partial charge in [0.2, 0.25) is 0 Å². The fourth-order valence-electron chi connectivity index (χ4n) is 3.02. The van der Waals surface area contributed by atoms with Gasteiger partial charge in [0.05, 0.1) is 12.2 Å². The Hall–Kier alpha value is -0.930. The summed E-state index contributed by atoms with van der Waals surface area (Å²) in [4.78, 5) is 0. The van der Waals surface area contributed by atoms with Gasteiger partial charge in [0, 0.05) is 7.11 Å². The third kappa shape index (κ3) is 3.15. The lowest BCUT2D eigenvalue weighted by atomic mass is 9.78. The van der Waals surface area contributed by atoms with Crippen molar-refractivity contribution >= 4 is 0 Å². The average molecular weight is 266 g/mol. The number of aliphatic hydroxyl groups is 1. The Balaban J connectivity index is 2.14. The molecule has 0 saturated carbocycles. The van der Waals surface area contributed by atoms with Crippen LogP contribution in [0, 0.1) is 17.7 Å². The molecule has 1 N–H and O–H groups in total. The van der Waals surface area contributed by atoms with Crippen molar-refractivity contribution in [3.63, 3.8) is 0 Å². The van der Waals surface area contributed by atoms with Gasteiger partial charge in [0.15, 0.2) is 0 Å². The maximum atomic E-state index is 13.2. The molecule has 0 aliphatic heterocycles.